The van der Waals surface area contributed by atoms with Crippen LogP contribution in [-0.4, -0.2) is 13.1 Å². The van der Waals surface area contributed by atoms with Gasteiger partial charge in [0, 0.05) is 19.1 Å². The first kappa shape index (κ1) is 12.4. The van der Waals surface area contributed by atoms with E-state index in [9.17, 15) is 4.39 Å². The fourth-order valence-electron chi connectivity index (χ4n) is 2.53. The Hall–Kier alpha value is -1.09. The normalized spacial score (nSPS) is 18.9. The van der Waals surface area contributed by atoms with Gasteiger partial charge in [0.1, 0.15) is 5.82 Å². The smallest absolute Gasteiger partial charge is 0.146 e. The Bertz CT molecular complexity index is 368. The Morgan fingerprint density at radius 3 is 2.41 bits per heavy atom. The van der Waals surface area contributed by atoms with Crippen LogP contribution in [-0.2, 0) is 0 Å². The molecule has 1 unspecified atom stereocenters. The molecule has 2 N–H and O–H groups in total. The van der Waals surface area contributed by atoms with Gasteiger partial charge in [0.2, 0.25) is 0 Å². The Morgan fingerprint density at radius 1 is 1.18 bits per heavy atom. The van der Waals surface area contributed by atoms with Gasteiger partial charge in [-0.25, -0.2) is 4.39 Å². The Morgan fingerprint density at radius 2 is 1.82 bits per heavy atom. The maximum Gasteiger partial charge on any atom is 0.146 e. The van der Waals surface area contributed by atoms with E-state index >= 15 is 0 Å². The molecule has 1 fully saturated rings. The van der Waals surface area contributed by atoms with E-state index in [1.54, 1.807) is 6.07 Å². The summed E-state index contributed by atoms with van der Waals surface area (Å²) in [4.78, 5) is 2.17. The molecule has 0 saturated carbocycles. The largest absolute Gasteiger partial charge is 0.369 e. The average molecular weight is 236 g/mol. The third-order valence-electron chi connectivity index (χ3n) is 3.43. The van der Waals surface area contributed by atoms with E-state index < -0.39 is 0 Å². The van der Waals surface area contributed by atoms with Gasteiger partial charge >= 0.3 is 0 Å². The topological polar surface area (TPSA) is 29.3 Å². The van der Waals surface area contributed by atoms with Crippen molar-refractivity contribution < 1.29 is 4.39 Å². The minimum absolute atomic E-state index is 0.121. The highest BCUT2D eigenvalue weighted by molar-refractivity contribution is 5.56. The summed E-state index contributed by atoms with van der Waals surface area (Å²) < 4.78 is 14.0. The fourth-order valence-corrected chi connectivity index (χ4v) is 2.53. The van der Waals surface area contributed by atoms with Crippen LogP contribution in [0.15, 0.2) is 18.2 Å². The number of nitrogens with zero attached hydrogens (tertiary/aromatic N) is 1. The van der Waals surface area contributed by atoms with Crippen LogP contribution in [0, 0.1) is 5.82 Å². The molecule has 0 bridgehead atoms. The first-order valence-electron chi connectivity index (χ1n) is 6.49. The SMILES string of the molecule is CC(N)c1cccc(F)c1N1CCCCCC1. The van der Waals surface area contributed by atoms with Crippen LogP contribution in [0.25, 0.3) is 0 Å². The minimum Gasteiger partial charge on any atom is -0.369 e. The van der Waals surface area contributed by atoms with Crippen LogP contribution in [0.4, 0.5) is 10.1 Å². The molecule has 0 amide bonds. The Balaban J connectivity index is 2.34. The number of hydrogen-bond donors (Lipinski definition) is 1. The number of anilines is 1. The fraction of sp³-hybridized carbons (Fsp3) is 0.571. The first-order chi connectivity index (χ1) is 8.20. The van der Waals surface area contributed by atoms with Gasteiger partial charge in [-0.2, -0.15) is 0 Å². The molecule has 1 atom stereocenters. The van der Waals surface area contributed by atoms with E-state index in [0.29, 0.717) is 0 Å². The van der Waals surface area contributed by atoms with Gasteiger partial charge in [0.25, 0.3) is 0 Å². The number of hydrogen-bond acceptors (Lipinski definition) is 2. The summed E-state index contributed by atoms with van der Waals surface area (Å²) in [5, 5.41) is 0. The van der Waals surface area contributed by atoms with Crippen molar-refractivity contribution in [1.29, 1.82) is 0 Å². The summed E-state index contributed by atoms with van der Waals surface area (Å²) in [5.74, 6) is -0.137. The molecular weight excluding hydrogens is 215 g/mol. The highest BCUT2D eigenvalue weighted by atomic mass is 19.1. The molecule has 0 spiro atoms. The lowest BCUT2D eigenvalue weighted by molar-refractivity contribution is 0.610. The predicted octanol–water partition coefficient (Wildman–Crippen LogP) is 3.23. The monoisotopic (exact) mass is 236 g/mol. The van der Waals surface area contributed by atoms with Gasteiger partial charge in [0.15, 0.2) is 0 Å². The Kier molecular flexibility index (Phi) is 4.00. The molecule has 2 rings (SSSR count). The number of halogens is 1. The molecule has 1 aromatic rings. The highest BCUT2D eigenvalue weighted by Crippen LogP contribution is 2.30. The third-order valence-corrected chi connectivity index (χ3v) is 3.43. The molecule has 0 aliphatic carbocycles. The van der Waals surface area contributed by atoms with Crippen LogP contribution in [0.3, 0.4) is 0 Å². The molecule has 3 heteroatoms. The van der Waals surface area contributed by atoms with Gasteiger partial charge in [-0.3, -0.25) is 0 Å². The zero-order valence-corrected chi connectivity index (χ0v) is 10.5. The van der Waals surface area contributed by atoms with Gasteiger partial charge in [-0.05, 0) is 31.4 Å². The summed E-state index contributed by atoms with van der Waals surface area (Å²) in [6.45, 7) is 3.80. The molecule has 17 heavy (non-hydrogen) atoms. The molecular formula is C14H21FN2. The summed E-state index contributed by atoms with van der Waals surface area (Å²) in [6, 6.07) is 5.10. The van der Waals surface area contributed by atoms with Gasteiger partial charge in [-0.15, -0.1) is 0 Å². The summed E-state index contributed by atoms with van der Waals surface area (Å²) in [7, 11) is 0. The summed E-state index contributed by atoms with van der Waals surface area (Å²) >= 11 is 0. The van der Waals surface area contributed by atoms with Gasteiger partial charge < -0.3 is 10.6 Å². The van der Waals surface area contributed by atoms with Crippen LogP contribution in [0.2, 0.25) is 0 Å². The van der Waals surface area contributed by atoms with Crippen molar-refractivity contribution in [3.05, 3.63) is 29.6 Å². The summed E-state index contributed by atoms with van der Waals surface area (Å²) in [5.41, 5.74) is 7.59. The van der Waals surface area contributed by atoms with Crippen molar-refractivity contribution in [3.8, 4) is 0 Å². The minimum atomic E-state index is -0.137. The molecule has 1 aliphatic rings. The third kappa shape index (κ3) is 2.78. The van der Waals surface area contributed by atoms with Gasteiger partial charge in [-0.1, -0.05) is 25.0 Å². The van der Waals surface area contributed by atoms with E-state index in [-0.39, 0.29) is 11.9 Å². The quantitative estimate of drug-likeness (QED) is 0.854. The second-order valence-electron chi connectivity index (χ2n) is 4.87. The van der Waals surface area contributed by atoms with E-state index in [1.807, 2.05) is 13.0 Å². The van der Waals surface area contributed by atoms with Crippen molar-refractivity contribution in [2.45, 2.75) is 38.6 Å². The van der Waals surface area contributed by atoms with Crippen molar-refractivity contribution in [1.82, 2.24) is 0 Å². The van der Waals surface area contributed by atoms with E-state index in [4.69, 9.17) is 5.73 Å². The van der Waals surface area contributed by atoms with Crippen LogP contribution in [0.1, 0.15) is 44.2 Å². The lowest BCUT2D eigenvalue weighted by atomic mass is 10.1. The number of benzene rings is 1. The van der Waals surface area contributed by atoms with Crippen molar-refractivity contribution in [2.75, 3.05) is 18.0 Å². The molecule has 2 nitrogen and oxygen atoms in total. The zero-order chi connectivity index (χ0) is 12.3. The van der Waals surface area contributed by atoms with Crippen LogP contribution in [0.5, 0.6) is 0 Å². The zero-order valence-electron chi connectivity index (χ0n) is 10.5. The molecule has 1 aliphatic heterocycles. The lowest BCUT2D eigenvalue weighted by Crippen LogP contribution is -2.27. The molecule has 1 saturated heterocycles. The second-order valence-corrected chi connectivity index (χ2v) is 4.87. The maximum atomic E-state index is 14.0. The standard InChI is InChI=1S/C14H21FN2/c1-11(16)12-7-6-8-13(15)14(12)17-9-4-2-3-5-10-17/h6-8,11H,2-5,9-10,16H2,1H3. The number of rotatable bonds is 2. The Labute approximate surface area is 103 Å². The number of para-hydroxylation sites is 1. The molecule has 94 valence electrons. The first-order valence-corrected chi connectivity index (χ1v) is 6.49. The molecule has 0 aromatic heterocycles. The average Bonchev–Trinajstić information content (AvgIpc) is 2.57. The maximum absolute atomic E-state index is 14.0. The van der Waals surface area contributed by atoms with Gasteiger partial charge in [0.05, 0.1) is 5.69 Å². The van der Waals surface area contributed by atoms with Crippen molar-refractivity contribution in [2.24, 2.45) is 5.73 Å². The van der Waals surface area contributed by atoms with Crippen LogP contribution < -0.4 is 10.6 Å². The van der Waals surface area contributed by atoms with Crippen molar-refractivity contribution in [3.63, 3.8) is 0 Å². The predicted molar refractivity (Wildman–Crippen MR) is 69.7 cm³/mol. The molecule has 1 heterocycles. The van der Waals surface area contributed by atoms with Crippen LogP contribution >= 0.6 is 0 Å². The highest BCUT2D eigenvalue weighted by Gasteiger charge is 2.18. The van der Waals surface area contributed by atoms with E-state index in [0.717, 1.165) is 37.2 Å². The number of nitrogens with two attached hydrogens (primary N) is 1. The van der Waals surface area contributed by atoms with Crippen molar-refractivity contribution >= 4 is 5.69 Å². The second kappa shape index (κ2) is 5.50. The lowest BCUT2D eigenvalue weighted by Gasteiger charge is -2.27. The molecule has 0 radical (unpaired) electrons. The molecule has 1 aromatic carbocycles. The van der Waals surface area contributed by atoms with E-state index in [2.05, 4.69) is 4.90 Å². The summed E-state index contributed by atoms with van der Waals surface area (Å²) in [6.07, 6.45) is 4.79. The van der Waals surface area contributed by atoms with E-state index in [1.165, 1.54) is 18.9 Å².